The van der Waals surface area contributed by atoms with Crippen molar-refractivity contribution in [3.05, 3.63) is 29.8 Å². The Balaban J connectivity index is 2.12. The molecule has 0 radical (unpaired) electrons. The van der Waals surface area contributed by atoms with E-state index >= 15 is 0 Å². The largest absolute Gasteiger partial charge is 0.318 e. The molecule has 0 aliphatic carbocycles. The van der Waals surface area contributed by atoms with E-state index in [0.29, 0.717) is 17.8 Å². The molecule has 0 aromatic heterocycles. The number of anilines is 1. The van der Waals surface area contributed by atoms with Crippen LogP contribution in [0.2, 0.25) is 0 Å². The molecule has 1 atom stereocenters. The molecule has 1 aromatic rings. The summed E-state index contributed by atoms with van der Waals surface area (Å²) in [4.78, 5) is 28.1. The van der Waals surface area contributed by atoms with E-state index in [4.69, 9.17) is 11.6 Å². The highest BCUT2D eigenvalue weighted by Crippen LogP contribution is 2.35. The van der Waals surface area contributed by atoms with Gasteiger partial charge in [0, 0.05) is 6.54 Å². The van der Waals surface area contributed by atoms with Crippen LogP contribution in [0.25, 0.3) is 0 Å². The number of fused-ring (bicyclic) bond motifs is 2. The van der Waals surface area contributed by atoms with Gasteiger partial charge in [-0.25, -0.2) is 0 Å². The van der Waals surface area contributed by atoms with E-state index in [9.17, 15) is 9.59 Å². The molecule has 1 fully saturated rings. The van der Waals surface area contributed by atoms with Crippen molar-refractivity contribution in [3.8, 4) is 0 Å². The SMILES string of the molecule is O=C1c2ccccc2N(C(=O)CCl)[C@@H]2CCCCN12. The van der Waals surface area contributed by atoms with Crippen molar-refractivity contribution in [2.24, 2.45) is 0 Å². The number of halogens is 1. The first-order chi connectivity index (χ1) is 9.24. The Kier molecular flexibility index (Phi) is 3.19. The van der Waals surface area contributed by atoms with Crippen molar-refractivity contribution in [1.82, 2.24) is 4.90 Å². The van der Waals surface area contributed by atoms with E-state index in [1.54, 1.807) is 15.9 Å². The second kappa shape index (κ2) is 4.85. The molecule has 0 bridgehead atoms. The molecule has 5 heteroatoms. The zero-order valence-corrected chi connectivity index (χ0v) is 11.3. The van der Waals surface area contributed by atoms with Crippen LogP contribution in [-0.2, 0) is 4.79 Å². The average molecular weight is 279 g/mol. The van der Waals surface area contributed by atoms with Crippen LogP contribution >= 0.6 is 11.6 Å². The average Bonchev–Trinajstić information content (AvgIpc) is 2.47. The van der Waals surface area contributed by atoms with Gasteiger partial charge < -0.3 is 4.90 Å². The lowest BCUT2D eigenvalue weighted by Gasteiger charge is -2.46. The minimum atomic E-state index is -0.164. The van der Waals surface area contributed by atoms with Gasteiger partial charge in [0.25, 0.3) is 5.91 Å². The Hall–Kier alpha value is -1.55. The summed E-state index contributed by atoms with van der Waals surface area (Å²) in [6.45, 7) is 0.712. The lowest BCUT2D eigenvalue weighted by Crippen LogP contribution is -2.59. The Bertz CT molecular complexity index is 532. The quantitative estimate of drug-likeness (QED) is 0.739. The molecule has 2 amide bonds. The third-order valence-corrected chi connectivity index (χ3v) is 4.04. The van der Waals surface area contributed by atoms with Crippen LogP contribution in [0.3, 0.4) is 0 Å². The maximum atomic E-state index is 12.5. The third kappa shape index (κ3) is 1.91. The number of hydrogen-bond donors (Lipinski definition) is 0. The van der Waals surface area contributed by atoms with Crippen molar-refractivity contribution in [1.29, 1.82) is 0 Å². The number of hydrogen-bond acceptors (Lipinski definition) is 2. The number of piperidine rings is 1. The predicted octanol–water partition coefficient (Wildman–Crippen LogP) is 2.22. The molecular formula is C14H15ClN2O2. The van der Waals surface area contributed by atoms with E-state index in [1.807, 2.05) is 18.2 Å². The maximum Gasteiger partial charge on any atom is 0.257 e. The molecule has 1 saturated heterocycles. The highest BCUT2D eigenvalue weighted by Gasteiger charge is 2.40. The van der Waals surface area contributed by atoms with Gasteiger partial charge in [0.1, 0.15) is 12.0 Å². The molecular weight excluding hydrogens is 264 g/mol. The zero-order chi connectivity index (χ0) is 13.4. The third-order valence-electron chi connectivity index (χ3n) is 3.81. The van der Waals surface area contributed by atoms with Gasteiger partial charge in [-0.3, -0.25) is 14.5 Å². The maximum absolute atomic E-state index is 12.5. The molecule has 0 saturated carbocycles. The Labute approximate surface area is 116 Å². The minimum absolute atomic E-state index is 0.0268. The Morgan fingerprint density at radius 3 is 2.89 bits per heavy atom. The smallest absolute Gasteiger partial charge is 0.257 e. The molecule has 2 heterocycles. The standard InChI is InChI=1S/C14H15ClN2O2/c15-9-13(18)17-11-6-2-1-5-10(11)14(19)16-8-4-3-7-12(16)17/h1-2,5-6,12H,3-4,7-9H2/t12-/m1/s1. The fourth-order valence-corrected chi connectivity index (χ4v) is 3.09. The number of para-hydroxylation sites is 1. The topological polar surface area (TPSA) is 40.6 Å². The number of benzene rings is 1. The van der Waals surface area contributed by atoms with E-state index in [2.05, 4.69) is 0 Å². The summed E-state index contributed by atoms with van der Waals surface area (Å²) in [5.74, 6) is -0.176. The second-order valence-corrected chi connectivity index (χ2v) is 5.16. The van der Waals surface area contributed by atoms with Crippen molar-refractivity contribution in [2.45, 2.75) is 25.4 Å². The predicted molar refractivity (Wildman–Crippen MR) is 73.3 cm³/mol. The number of carbonyl (C=O) groups excluding carboxylic acids is 2. The van der Waals surface area contributed by atoms with Gasteiger partial charge >= 0.3 is 0 Å². The first-order valence-electron chi connectivity index (χ1n) is 6.52. The van der Waals surface area contributed by atoms with Crippen LogP contribution in [0.4, 0.5) is 5.69 Å². The first kappa shape index (κ1) is 12.5. The van der Waals surface area contributed by atoms with Crippen molar-refractivity contribution >= 4 is 29.1 Å². The van der Waals surface area contributed by atoms with Gasteiger partial charge in [-0.2, -0.15) is 0 Å². The van der Waals surface area contributed by atoms with Gasteiger partial charge in [0.2, 0.25) is 5.91 Å². The number of alkyl halides is 1. The molecule has 2 aliphatic heterocycles. The summed E-state index contributed by atoms with van der Waals surface area (Å²) in [7, 11) is 0. The minimum Gasteiger partial charge on any atom is -0.318 e. The van der Waals surface area contributed by atoms with Crippen LogP contribution in [0.5, 0.6) is 0 Å². The molecule has 1 aromatic carbocycles. The van der Waals surface area contributed by atoms with Gasteiger partial charge in [0.15, 0.2) is 0 Å². The van der Waals surface area contributed by atoms with Crippen LogP contribution in [0.1, 0.15) is 29.6 Å². The molecule has 100 valence electrons. The Morgan fingerprint density at radius 1 is 1.32 bits per heavy atom. The normalized spacial score (nSPS) is 21.9. The number of carbonyl (C=O) groups is 2. The van der Waals surface area contributed by atoms with Crippen LogP contribution in [0.15, 0.2) is 24.3 Å². The van der Waals surface area contributed by atoms with Crippen LogP contribution in [-0.4, -0.2) is 35.3 Å². The fourth-order valence-electron chi connectivity index (χ4n) is 2.96. The molecule has 0 N–H and O–H groups in total. The lowest BCUT2D eigenvalue weighted by molar-refractivity contribution is -0.117. The molecule has 19 heavy (non-hydrogen) atoms. The summed E-state index contributed by atoms with van der Waals surface area (Å²) < 4.78 is 0. The molecule has 2 aliphatic rings. The molecule has 3 rings (SSSR count). The summed E-state index contributed by atoms with van der Waals surface area (Å²) in [5.41, 5.74) is 1.29. The number of nitrogens with zero attached hydrogens (tertiary/aromatic N) is 2. The highest BCUT2D eigenvalue weighted by molar-refractivity contribution is 6.30. The second-order valence-electron chi connectivity index (χ2n) is 4.89. The van der Waals surface area contributed by atoms with E-state index in [0.717, 1.165) is 19.3 Å². The van der Waals surface area contributed by atoms with Crippen molar-refractivity contribution in [2.75, 3.05) is 17.3 Å². The fraction of sp³-hybridized carbons (Fsp3) is 0.429. The lowest BCUT2D eigenvalue weighted by atomic mass is 9.98. The van der Waals surface area contributed by atoms with Gasteiger partial charge in [-0.1, -0.05) is 12.1 Å². The molecule has 4 nitrogen and oxygen atoms in total. The Morgan fingerprint density at radius 2 is 2.11 bits per heavy atom. The van der Waals surface area contributed by atoms with E-state index in [-0.39, 0.29) is 23.9 Å². The van der Waals surface area contributed by atoms with E-state index < -0.39 is 0 Å². The van der Waals surface area contributed by atoms with E-state index in [1.165, 1.54) is 0 Å². The van der Waals surface area contributed by atoms with Crippen LogP contribution < -0.4 is 4.90 Å². The van der Waals surface area contributed by atoms with Gasteiger partial charge in [-0.05, 0) is 31.4 Å². The van der Waals surface area contributed by atoms with Crippen molar-refractivity contribution < 1.29 is 9.59 Å². The summed E-state index contributed by atoms with van der Waals surface area (Å²) in [6, 6.07) is 7.27. The summed E-state index contributed by atoms with van der Waals surface area (Å²) in [5, 5.41) is 0. The number of rotatable bonds is 1. The van der Waals surface area contributed by atoms with Crippen LogP contribution in [0, 0.1) is 0 Å². The van der Waals surface area contributed by atoms with Gasteiger partial charge in [0.05, 0.1) is 11.3 Å². The first-order valence-corrected chi connectivity index (χ1v) is 7.05. The monoisotopic (exact) mass is 278 g/mol. The van der Waals surface area contributed by atoms with Crippen molar-refractivity contribution in [3.63, 3.8) is 0 Å². The highest BCUT2D eigenvalue weighted by atomic mass is 35.5. The summed E-state index contributed by atoms with van der Waals surface area (Å²) >= 11 is 5.72. The molecule has 0 unspecified atom stereocenters. The van der Waals surface area contributed by atoms with Gasteiger partial charge in [-0.15, -0.1) is 11.6 Å². The zero-order valence-electron chi connectivity index (χ0n) is 10.5. The number of amides is 2. The summed E-state index contributed by atoms with van der Waals surface area (Å²) in [6.07, 6.45) is 2.68. The molecule has 0 spiro atoms.